The van der Waals surface area contributed by atoms with E-state index in [0.717, 1.165) is 4.31 Å². The number of benzene rings is 1. The van der Waals surface area contributed by atoms with Gasteiger partial charge in [-0.1, -0.05) is 24.8 Å². The smallest absolute Gasteiger partial charge is 0.243 e. The molecular weight excluding hydrogens is 292 g/mol. The van der Waals surface area contributed by atoms with Crippen molar-refractivity contribution in [2.75, 3.05) is 19.7 Å². The lowest BCUT2D eigenvalue weighted by molar-refractivity contribution is -0.118. The minimum Gasteiger partial charge on any atom is -0.384 e. The fraction of sp³-hybridized carbons (Fsp3) is 0.357. The van der Waals surface area contributed by atoms with Crippen LogP contribution in [-0.2, 0) is 14.8 Å². The molecule has 0 aliphatic heterocycles. The van der Waals surface area contributed by atoms with Crippen LogP contribution in [0, 0.1) is 18.8 Å². The number of sulfonamides is 1. The Bertz CT molecular complexity index is 687. The van der Waals surface area contributed by atoms with Crippen molar-refractivity contribution < 1.29 is 18.3 Å². The number of nitrogens with two attached hydrogens (primary N) is 1. The van der Waals surface area contributed by atoms with Crippen LogP contribution in [0.1, 0.15) is 18.1 Å². The van der Waals surface area contributed by atoms with Crippen LogP contribution in [0.3, 0.4) is 0 Å². The second-order valence-electron chi connectivity index (χ2n) is 4.34. The predicted octanol–water partition coefficient (Wildman–Crippen LogP) is -0.165. The molecule has 1 aromatic rings. The van der Waals surface area contributed by atoms with Gasteiger partial charge in [0.15, 0.2) is 0 Å². The Labute approximate surface area is 124 Å². The van der Waals surface area contributed by atoms with Crippen molar-refractivity contribution in [3.63, 3.8) is 0 Å². The molecule has 1 aromatic carbocycles. The number of hydrogen-bond donors (Lipinski definition) is 2. The fourth-order valence-electron chi connectivity index (χ4n) is 1.78. The normalized spacial score (nSPS) is 11.0. The number of nitrogens with zero attached hydrogens (tertiary/aromatic N) is 1. The molecule has 0 fully saturated rings. The lowest BCUT2D eigenvalue weighted by Gasteiger charge is -2.20. The molecule has 0 saturated carbocycles. The Kier molecular flexibility index (Phi) is 5.90. The molecule has 0 saturated heterocycles. The monoisotopic (exact) mass is 310 g/mol. The fourth-order valence-corrected chi connectivity index (χ4v) is 3.44. The van der Waals surface area contributed by atoms with Crippen molar-refractivity contribution in [2.45, 2.75) is 18.7 Å². The lowest BCUT2D eigenvalue weighted by atomic mass is 10.1. The third-order valence-electron chi connectivity index (χ3n) is 2.80. The SMILES string of the molecule is CCN(CC(N)=O)S(=O)(=O)c1cc(C#CCO)ccc1C. The van der Waals surface area contributed by atoms with Gasteiger partial charge in [0, 0.05) is 12.1 Å². The molecule has 0 bridgehead atoms. The summed E-state index contributed by atoms with van der Waals surface area (Å²) in [5.41, 5.74) is 6.11. The number of aryl methyl sites for hydroxylation is 1. The molecule has 0 aliphatic rings. The number of likely N-dealkylation sites (N-methyl/N-ethyl adjacent to an activating group) is 1. The van der Waals surface area contributed by atoms with E-state index < -0.39 is 15.9 Å². The van der Waals surface area contributed by atoms with Crippen molar-refractivity contribution in [1.29, 1.82) is 0 Å². The van der Waals surface area contributed by atoms with Crippen molar-refractivity contribution in [3.8, 4) is 11.8 Å². The van der Waals surface area contributed by atoms with E-state index in [-0.39, 0.29) is 24.6 Å². The first-order valence-corrected chi connectivity index (χ1v) is 7.75. The highest BCUT2D eigenvalue weighted by atomic mass is 32.2. The summed E-state index contributed by atoms with van der Waals surface area (Å²) in [6.45, 7) is 2.75. The van der Waals surface area contributed by atoms with Crippen LogP contribution in [0.15, 0.2) is 23.1 Å². The van der Waals surface area contributed by atoms with Gasteiger partial charge in [0.1, 0.15) is 6.61 Å². The molecule has 0 aliphatic carbocycles. The van der Waals surface area contributed by atoms with E-state index in [2.05, 4.69) is 11.8 Å². The van der Waals surface area contributed by atoms with Crippen LogP contribution in [0.25, 0.3) is 0 Å². The third-order valence-corrected chi connectivity index (χ3v) is 4.87. The number of primary amides is 1. The molecule has 0 radical (unpaired) electrons. The summed E-state index contributed by atoms with van der Waals surface area (Å²) >= 11 is 0. The number of rotatable bonds is 5. The minimum atomic E-state index is -3.82. The average molecular weight is 310 g/mol. The van der Waals surface area contributed by atoms with Gasteiger partial charge in [-0.25, -0.2) is 8.42 Å². The maximum atomic E-state index is 12.6. The first-order valence-electron chi connectivity index (χ1n) is 6.31. The van der Waals surface area contributed by atoms with Crippen LogP contribution in [-0.4, -0.2) is 43.4 Å². The van der Waals surface area contributed by atoms with Gasteiger partial charge in [-0.2, -0.15) is 4.31 Å². The molecule has 0 atom stereocenters. The number of amides is 1. The number of aliphatic hydroxyl groups is 1. The number of hydrogen-bond acceptors (Lipinski definition) is 4. The zero-order valence-electron chi connectivity index (χ0n) is 12.0. The Hall–Kier alpha value is -1.88. The first-order chi connectivity index (χ1) is 9.82. The molecule has 1 rings (SSSR count). The van der Waals surface area contributed by atoms with Crippen LogP contribution in [0.2, 0.25) is 0 Å². The van der Waals surface area contributed by atoms with Gasteiger partial charge in [0.25, 0.3) is 0 Å². The largest absolute Gasteiger partial charge is 0.384 e. The molecule has 7 heteroatoms. The summed E-state index contributed by atoms with van der Waals surface area (Å²) in [5.74, 6) is 4.40. The molecule has 6 nitrogen and oxygen atoms in total. The van der Waals surface area contributed by atoms with Crippen molar-refractivity contribution >= 4 is 15.9 Å². The van der Waals surface area contributed by atoms with Gasteiger partial charge in [-0.3, -0.25) is 4.79 Å². The van der Waals surface area contributed by atoms with E-state index in [0.29, 0.717) is 11.1 Å². The first kappa shape index (κ1) is 17.2. The summed E-state index contributed by atoms with van der Waals surface area (Å²) in [7, 11) is -3.82. The van der Waals surface area contributed by atoms with Gasteiger partial charge in [-0.15, -0.1) is 0 Å². The van der Waals surface area contributed by atoms with Crippen molar-refractivity contribution in [1.82, 2.24) is 4.31 Å². The van der Waals surface area contributed by atoms with Crippen LogP contribution in [0.4, 0.5) is 0 Å². The molecule has 1 amide bonds. The molecule has 0 heterocycles. The number of carbonyl (C=O) groups excluding carboxylic acids is 1. The standard InChI is InChI=1S/C14H18N2O4S/c1-3-16(10-14(15)18)21(19,20)13-9-12(5-4-8-17)7-6-11(13)2/h6-7,9,17H,3,8,10H2,1-2H3,(H2,15,18). The van der Waals surface area contributed by atoms with Gasteiger partial charge in [0.05, 0.1) is 11.4 Å². The molecule has 0 aromatic heterocycles. The highest BCUT2D eigenvalue weighted by molar-refractivity contribution is 7.89. The van der Waals surface area contributed by atoms with Gasteiger partial charge in [-0.05, 0) is 24.6 Å². The quantitative estimate of drug-likeness (QED) is 0.738. The Morgan fingerprint density at radius 2 is 2.10 bits per heavy atom. The summed E-state index contributed by atoms with van der Waals surface area (Å²) in [6, 6.07) is 4.73. The summed E-state index contributed by atoms with van der Waals surface area (Å²) in [5, 5.41) is 8.69. The maximum absolute atomic E-state index is 12.6. The zero-order valence-corrected chi connectivity index (χ0v) is 12.8. The van der Waals surface area contributed by atoms with E-state index in [9.17, 15) is 13.2 Å². The average Bonchev–Trinajstić information content (AvgIpc) is 2.43. The van der Waals surface area contributed by atoms with Crippen molar-refractivity contribution in [2.24, 2.45) is 5.73 Å². The number of carbonyl (C=O) groups is 1. The highest BCUT2D eigenvalue weighted by Crippen LogP contribution is 2.21. The van der Waals surface area contributed by atoms with Gasteiger partial charge >= 0.3 is 0 Å². The molecule has 3 N–H and O–H groups in total. The summed E-state index contributed by atoms with van der Waals surface area (Å²) in [6.07, 6.45) is 0. The third kappa shape index (κ3) is 4.29. The molecular formula is C14H18N2O4S. The number of aliphatic hydroxyl groups excluding tert-OH is 1. The van der Waals surface area contributed by atoms with Gasteiger partial charge in [0.2, 0.25) is 15.9 Å². The second kappa shape index (κ2) is 7.22. The van der Waals surface area contributed by atoms with Crippen molar-refractivity contribution in [3.05, 3.63) is 29.3 Å². The Balaban J connectivity index is 3.32. The van der Waals surface area contributed by atoms with Gasteiger partial charge < -0.3 is 10.8 Å². The van der Waals surface area contributed by atoms with Crippen LogP contribution >= 0.6 is 0 Å². The van der Waals surface area contributed by atoms with E-state index in [1.807, 2.05) is 0 Å². The van der Waals surface area contributed by atoms with E-state index in [1.54, 1.807) is 26.0 Å². The topological polar surface area (TPSA) is 101 Å². The van der Waals surface area contributed by atoms with E-state index in [1.165, 1.54) is 6.07 Å². The molecule has 114 valence electrons. The van der Waals surface area contributed by atoms with E-state index in [4.69, 9.17) is 10.8 Å². The molecule has 0 unspecified atom stereocenters. The Morgan fingerprint density at radius 1 is 1.43 bits per heavy atom. The lowest BCUT2D eigenvalue weighted by Crippen LogP contribution is -2.38. The zero-order chi connectivity index (χ0) is 16.0. The highest BCUT2D eigenvalue weighted by Gasteiger charge is 2.26. The maximum Gasteiger partial charge on any atom is 0.243 e. The summed E-state index contributed by atoms with van der Waals surface area (Å²) < 4.78 is 26.1. The van der Waals surface area contributed by atoms with Crippen LogP contribution < -0.4 is 5.73 Å². The second-order valence-corrected chi connectivity index (χ2v) is 6.24. The molecule has 0 spiro atoms. The summed E-state index contributed by atoms with van der Waals surface area (Å²) in [4.78, 5) is 11.1. The van der Waals surface area contributed by atoms with Crippen LogP contribution in [0.5, 0.6) is 0 Å². The predicted molar refractivity (Wildman–Crippen MR) is 78.8 cm³/mol. The molecule has 21 heavy (non-hydrogen) atoms. The Morgan fingerprint density at radius 3 is 2.62 bits per heavy atom. The van der Waals surface area contributed by atoms with E-state index >= 15 is 0 Å². The minimum absolute atomic E-state index is 0.0790.